The summed E-state index contributed by atoms with van der Waals surface area (Å²) in [5.41, 5.74) is -1.80. The zero-order chi connectivity index (χ0) is 18.0. The number of aromatic nitrogens is 1. The number of nitrogens with zero attached hydrogens (tertiary/aromatic N) is 2. The molecule has 1 aromatic heterocycles. The number of para-hydroxylation sites is 1. The molecule has 2 rings (SSSR count). The Bertz CT molecular complexity index is 764. The molecular weight excluding hydrogens is 338 g/mol. The molecule has 126 valence electrons. The van der Waals surface area contributed by atoms with Crippen molar-refractivity contribution in [3.8, 4) is 11.8 Å². The lowest BCUT2D eigenvalue weighted by Gasteiger charge is -2.17. The average Bonchev–Trinajstić information content (AvgIpc) is 2.48. The number of hydrogen-bond acceptors (Lipinski definition) is 3. The molecule has 24 heavy (non-hydrogen) atoms. The lowest BCUT2D eigenvalue weighted by Crippen LogP contribution is -2.19. The summed E-state index contributed by atoms with van der Waals surface area (Å²) >= 11 is 0. The zero-order valence-electron chi connectivity index (χ0n) is 11.7. The Morgan fingerprint density at radius 2 is 1.62 bits per heavy atom. The van der Waals surface area contributed by atoms with Crippen molar-refractivity contribution in [1.82, 2.24) is 4.98 Å². The van der Waals surface area contributed by atoms with Crippen molar-refractivity contribution < 1.29 is 31.1 Å². The van der Waals surface area contributed by atoms with Gasteiger partial charge in [-0.1, -0.05) is 24.3 Å². The Morgan fingerprint density at radius 3 is 2.21 bits per heavy atom. The monoisotopic (exact) mass is 346 g/mol. The Balaban J connectivity index is 2.49. The predicted octanol–water partition coefficient (Wildman–Crippen LogP) is 4.65. The topological polar surface area (TPSA) is 45.9 Å². The van der Waals surface area contributed by atoms with Crippen LogP contribution in [0.5, 0.6) is 5.75 Å². The minimum absolute atomic E-state index is 0.232. The number of nitriles is 1. The maximum Gasteiger partial charge on any atom is 0.573 e. The summed E-state index contributed by atoms with van der Waals surface area (Å²) in [5, 5.41) is 9.24. The van der Waals surface area contributed by atoms with Crippen LogP contribution >= 0.6 is 0 Å². The molecule has 0 saturated heterocycles. The fourth-order valence-electron chi connectivity index (χ4n) is 2.00. The van der Waals surface area contributed by atoms with Gasteiger partial charge in [-0.05, 0) is 18.2 Å². The summed E-state index contributed by atoms with van der Waals surface area (Å²) in [4.78, 5) is 3.34. The molecule has 0 aliphatic rings. The van der Waals surface area contributed by atoms with Crippen LogP contribution in [0.4, 0.5) is 26.3 Å². The second kappa shape index (κ2) is 6.39. The van der Waals surface area contributed by atoms with Gasteiger partial charge < -0.3 is 4.74 Å². The van der Waals surface area contributed by atoms with Gasteiger partial charge >= 0.3 is 12.5 Å². The van der Waals surface area contributed by atoms with Crippen LogP contribution in [0, 0.1) is 11.3 Å². The summed E-state index contributed by atoms with van der Waals surface area (Å²) in [5.74, 6) is -2.12. The second-order valence-electron chi connectivity index (χ2n) is 4.59. The smallest absolute Gasteiger partial charge is 0.405 e. The van der Waals surface area contributed by atoms with Gasteiger partial charge in [-0.15, -0.1) is 13.2 Å². The normalized spacial score (nSPS) is 13.2. The van der Waals surface area contributed by atoms with E-state index in [1.807, 2.05) is 0 Å². The van der Waals surface area contributed by atoms with Crippen LogP contribution in [0.25, 0.3) is 0 Å². The molecule has 0 fully saturated rings. The lowest BCUT2D eigenvalue weighted by molar-refractivity contribution is -0.274. The molecule has 0 aliphatic heterocycles. The standard InChI is InChI=1S/C15H8F6N2O/c16-14(17,18)13-7-3-5-11(23-13)10(8-22)9-4-1-2-6-12(9)24-15(19,20)21/h1-7,10H. The maximum absolute atomic E-state index is 12.7. The predicted molar refractivity (Wildman–Crippen MR) is 69.8 cm³/mol. The molecule has 0 aliphatic carbocycles. The SMILES string of the molecule is N#CC(c1cccc(C(F)(F)F)n1)c1ccccc1OC(F)(F)F. The van der Waals surface area contributed by atoms with Crippen molar-refractivity contribution in [3.05, 3.63) is 59.4 Å². The van der Waals surface area contributed by atoms with E-state index in [0.717, 1.165) is 24.3 Å². The number of benzene rings is 1. The highest BCUT2D eigenvalue weighted by Crippen LogP contribution is 2.35. The van der Waals surface area contributed by atoms with E-state index < -0.39 is 29.9 Å². The number of hydrogen-bond donors (Lipinski definition) is 0. The van der Waals surface area contributed by atoms with Crippen LogP contribution in [-0.2, 0) is 6.18 Å². The lowest BCUT2D eigenvalue weighted by atomic mass is 9.95. The Hall–Kier alpha value is -2.76. The first-order valence-electron chi connectivity index (χ1n) is 6.40. The first kappa shape index (κ1) is 17.6. The van der Waals surface area contributed by atoms with Crippen LogP contribution in [0.1, 0.15) is 22.9 Å². The molecule has 2 aromatic rings. The third-order valence-electron chi connectivity index (χ3n) is 2.94. The van der Waals surface area contributed by atoms with E-state index >= 15 is 0 Å². The molecular formula is C15H8F6N2O. The summed E-state index contributed by atoms with van der Waals surface area (Å²) in [7, 11) is 0. The first-order valence-corrected chi connectivity index (χ1v) is 6.40. The van der Waals surface area contributed by atoms with Gasteiger partial charge in [0, 0.05) is 5.56 Å². The minimum atomic E-state index is -5.00. The van der Waals surface area contributed by atoms with Crippen LogP contribution in [-0.4, -0.2) is 11.3 Å². The highest BCUT2D eigenvalue weighted by Gasteiger charge is 2.35. The van der Waals surface area contributed by atoms with Gasteiger partial charge in [0.1, 0.15) is 17.4 Å². The summed E-state index contributed by atoms with van der Waals surface area (Å²) in [6, 6.07) is 9.26. The Labute approximate surface area is 132 Å². The van der Waals surface area contributed by atoms with E-state index in [2.05, 4.69) is 9.72 Å². The summed E-state index contributed by atoms with van der Waals surface area (Å²) in [6.07, 6.45) is -9.74. The molecule has 1 unspecified atom stereocenters. The van der Waals surface area contributed by atoms with Crippen LogP contribution in [0.3, 0.4) is 0 Å². The molecule has 9 heteroatoms. The van der Waals surface area contributed by atoms with Crippen molar-refractivity contribution in [2.75, 3.05) is 0 Å². The fraction of sp³-hybridized carbons (Fsp3) is 0.200. The number of alkyl halides is 6. The van der Waals surface area contributed by atoms with Crippen LogP contribution < -0.4 is 4.74 Å². The molecule has 0 spiro atoms. The molecule has 0 bridgehead atoms. The number of pyridine rings is 1. The van der Waals surface area contributed by atoms with E-state index in [9.17, 15) is 31.6 Å². The molecule has 1 heterocycles. The van der Waals surface area contributed by atoms with Gasteiger partial charge in [0.2, 0.25) is 0 Å². The molecule has 1 atom stereocenters. The van der Waals surface area contributed by atoms with Crippen molar-refractivity contribution in [1.29, 1.82) is 5.26 Å². The summed E-state index contributed by atoms with van der Waals surface area (Å²) < 4.78 is 79.3. The van der Waals surface area contributed by atoms with Gasteiger partial charge in [-0.25, -0.2) is 4.98 Å². The van der Waals surface area contributed by atoms with E-state index in [-0.39, 0.29) is 11.3 Å². The maximum atomic E-state index is 12.7. The van der Waals surface area contributed by atoms with Gasteiger partial charge in [0.25, 0.3) is 0 Å². The van der Waals surface area contributed by atoms with E-state index in [1.165, 1.54) is 12.1 Å². The molecule has 3 nitrogen and oxygen atoms in total. The average molecular weight is 346 g/mol. The van der Waals surface area contributed by atoms with Gasteiger partial charge in [0.15, 0.2) is 0 Å². The van der Waals surface area contributed by atoms with Crippen molar-refractivity contribution in [3.63, 3.8) is 0 Å². The van der Waals surface area contributed by atoms with Crippen LogP contribution in [0.2, 0.25) is 0 Å². The van der Waals surface area contributed by atoms with Gasteiger partial charge in [-0.2, -0.15) is 18.4 Å². The molecule has 0 saturated carbocycles. The molecule has 0 N–H and O–H groups in total. The fourth-order valence-corrected chi connectivity index (χ4v) is 2.00. The number of rotatable bonds is 3. The van der Waals surface area contributed by atoms with Gasteiger partial charge in [-0.3, -0.25) is 0 Å². The van der Waals surface area contributed by atoms with Crippen molar-refractivity contribution >= 4 is 0 Å². The quantitative estimate of drug-likeness (QED) is 0.760. The minimum Gasteiger partial charge on any atom is -0.405 e. The highest BCUT2D eigenvalue weighted by atomic mass is 19.4. The van der Waals surface area contributed by atoms with E-state index in [1.54, 1.807) is 6.07 Å². The first-order chi connectivity index (χ1) is 11.1. The summed E-state index contributed by atoms with van der Waals surface area (Å²) in [6.45, 7) is 0. The largest absolute Gasteiger partial charge is 0.573 e. The van der Waals surface area contributed by atoms with Crippen molar-refractivity contribution in [2.45, 2.75) is 18.5 Å². The third kappa shape index (κ3) is 4.16. The Morgan fingerprint density at radius 1 is 0.958 bits per heavy atom. The van der Waals surface area contributed by atoms with Crippen molar-refractivity contribution in [2.24, 2.45) is 0 Å². The zero-order valence-corrected chi connectivity index (χ0v) is 11.7. The van der Waals surface area contributed by atoms with Gasteiger partial charge in [0.05, 0.1) is 11.8 Å². The second-order valence-corrected chi connectivity index (χ2v) is 4.59. The number of ether oxygens (including phenoxy) is 1. The van der Waals surface area contributed by atoms with Crippen LogP contribution in [0.15, 0.2) is 42.5 Å². The Kier molecular flexibility index (Phi) is 4.68. The van der Waals surface area contributed by atoms with E-state index in [4.69, 9.17) is 0 Å². The molecule has 0 amide bonds. The molecule has 0 radical (unpaired) electrons. The third-order valence-corrected chi connectivity index (χ3v) is 2.94. The number of halogens is 6. The molecule has 1 aromatic carbocycles. The highest BCUT2D eigenvalue weighted by molar-refractivity contribution is 5.44. The van der Waals surface area contributed by atoms with E-state index in [0.29, 0.717) is 6.07 Å².